The highest BCUT2D eigenvalue weighted by molar-refractivity contribution is 7.89. The highest BCUT2D eigenvalue weighted by atomic mass is 32.2. The van der Waals surface area contributed by atoms with Gasteiger partial charge in [-0.05, 0) is 60.8 Å². The number of piperazine rings is 1. The Balaban J connectivity index is 1.35. The number of aromatic nitrogens is 2. The van der Waals surface area contributed by atoms with Crippen LogP contribution in [0.1, 0.15) is 55.5 Å². The van der Waals surface area contributed by atoms with Crippen LogP contribution in [0.15, 0.2) is 35.5 Å². The number of benzene rings is 1. The van der Waals surface area contributed by atoms with Gasteiger partial charge in [-0.15, -0.1) is 11.3 Å². The smallest absolute Gasteiger partial charge is 0.243 e. The van der Waals surface area contributed by atoms with Crippen molar-refractivity contribution in [2.45, 2.75) is 57.3 Å². The SMILES string of the molecule is CC[C@H](C)c1ccc(S(=O)(=O)N2CCN(c3ncnc4sc5c(c34)CC[C@@H](C)C5)CC2)cc1. The van der Waals surface area contributed by atoms with Crippen molar-refractivity contribution < 1.29 is 8.42 Å². The first kappa shape index (κ1) is 22.7. The van der Waals surface area contributed by atoms with Gasteiger partial charge in [0.05, 0.1) is 10.3 Å². The van der Waals surface area contributed by atoms with E-state index in [0.29, 0.717) is 37.0 Å². The van der Waals surface area contributed by atoms with Gasteiger partial charge < -0.3 is 4.90 Å². The van der Waals surface area contributed by atoms with Crippen molar-refractivity contribution in [2.75, 3.05) is 31.1 Å². The third kappa shape index (κ3) is 4.17. The molecule has 6 nitrogen and oxygen atoms in total. The summed E-state index contributed by atoms with van der Waals surface area (Å²) < 4.78 is 28.1. The number of rotatable bonds is 5. The van der Waals surface area contributed by atoms with E-state index in [0.717, 1.165) is 35.8 Å². The van der Waals surface area contributed by atoms with Gasteiger partial charge >= 0.3 is 0 Å². The number of thiophene rings is 1. The lowest BCUT2D eigenvalue weighted by Crippen LogP contribution is -2.49. The van der Waals surface area contributed by atoms with E-state index in [9.17, 15) is 8.42 Å². The molecule has 0 bridgehead atoms. The van der Waals surface area contributed by atoms with Crippen molar-refractivity contribution in [3.05, 3.63) is 46.6 Å². The Hall–Kier alpha value is -2.03. The molecule has 1 aliphatic heterocycles. The predicted molar refractivity (Wildman–Crippen MR) is 135 cm³/mol. The van der Waals surface area contributed by atoms with E-state index < -0.39 is 10.0 Å². The third-order valence-electron chi connectivity index (χ3n) is 7.31. The molecule has 1 aliphatic carbocycles. The fraction of sp³-hybridized carbons (Fsp3) is 0.520. The van der Waals surface area contributed by atoms with Gasteiger partial charge in [-0.25, -0.2) is 18.4 Å². The van der Waals surface area contributed by atoms with Crippen LogP contribution in [-0.4, -0.2) is 48.9 Å². The highest BCUT2D eigenvalue weighted by Gasteiger charge is 2.31. The van der Waals surface area contributed by atoms with Crippen LogP contribution in [0.4, 0.5) is 5.82 Å². The second-order valence-corrected chi connectivity index (χ2v) is 12.5. The molecule has 176 valence electrons. The molecule has 1 saturated heterocycles. The average molecular weight is 485 g/mol. The fourth-order valence-electron chi connectivity index (χ4n) is 4.99. The lowest BCUT2D eigenvalue weighted by Gasteiger charge is -2.35. The average Bonchev–Trinajstić information content (AvgIpc) is 3.21. The minimum Gasteiger partial charge on any atom is -0.353 e. The van der Waals surface area contributed by atoms with E-state index in [-0.39, 0.29) is 0 Å². The zero-order valence-electron chi connectivity index (χ0n) is 19.6. The third-order valence-corrected chi connectivity index (χ3v) is 10.4. The molecular formula is C25H32N4O2S2. The number of sulfonamides is 1. The highest BCUT2D eigenvalue weighted by Crippen LogP contribution is 2.40. The van der Waals surface area contributed by atoms with Gasteiger partial charge in [-0.3, -0.25) is 0 Å². The molecule has 0 unspecified atom stereocenters. The second kappa shape index (κ2) is 8.96. The van der Waals surface area contributed by atoms with Crippen LogP contribution < -0.4 is 4.90 Å². The molecule has 3 aromatic rings. The Labute approximate surface area is 200 Å². The summed E-state index contributed by atoms with van der Waals surface area (Å²) in [6, 6.07) is 7.43. The topological polar surface area (TPSA) is 66.4 Å². The first-order chi connectivity index (χ1) is 15.9. The molecule has 3 heterocycles. The van der Waals surface area contributed by atoms with Gasteiger partial charge in [-0.2, -0.15) is 4.31 Å². The lowest BCUT2D eigenvalue weighted by atomic mass is 9.89. The van der Waals surface area contributed by atoms with Crippen LogP contribution in [0.3, 0.4) is 0 Å². The van der Waals surface area contributed by atoms with Gasteiger partial charge in [0.25, 0.3) is 0 Å². The molecule has 2 aliphatic rings. The van der Waals surface area contributed by atoms with Crippen molar-refractivity contribution >= 4 is 37.4 Å². The number of hydrogen-bond acceptors (Lipinski definition) is 6. The molecule has 0 saturated carbocycles. The van der Waals surface area contributed by atoms with Gasteiger partial charge in [0.15, 0.2) is 0 Å². The Kier molecular flexibility index (Phi) is 6.18. The maximum Gasteiger partial charge on any atom is 0.243 e. The minimum atomic E-state index is -3.49. The summed E-state index contributed by atoms with van der Waals surface area (Å²) >= 11 is 1.80. The Morgan fingerprint density at radius 3 is 2.55 bits per heavy atom. The summed E-state index contributed by atoms with van der Waals surface area (Å²) in [6.07, 6.45) is 6.10. The second-order valence-electron chi connectivity index (χ2n) is 9.50. The maximum absolute atomic E-state index is 13.3. The van der Waals surface area contributed by atoms with Gasteiger partial charge in [-0.1, -0.05) is 32.9 Å². The van der Waals surface area contributed by atoms with Crippen LogP contribution in [0.2, 0.25) is 0 Å². The van der Waals surface area contributed by atoms with E-state index in [1.807, 2.05) is 12.1 Å². The van der Waals surface area contributed by atoms with E-state index >= 15 is 0 Å². The number of anilines is 1. The number of nitrogens with zero attached hydrogens (tertiary/aromatic N) is 4. The molecule has 0 N–H and O–H groups in total. The van der Waals surface area contributed by atoms with Crippen molar-refractivity contribution in [2.24, 2.45) is 5.92 Å². The summed E-state index contributed by atoms with van der Waals surface area (Å²) in [4.78, 5) is 14.4. The summed E-state index contributed by atoms with van der Waals surface area (Å²) in [6.45, 7) is 8.82. The standard InChI is InChI=1S/C25H32N4O2S2/c1-4-18(3)19-6-8-20(9-7-19)33(30,31)29-13-11-28(12-14-29)24-23-21-10-5-17(2)15-22(21)32-25(23)27-16-26-24/h6-9,16-18H,4-5,10-15H2,1-3H3/t17-,18+/m1/s1. The number of fused-ring (bicyclic) bond motifs is 3. The van der Waals surface area contributed by atoms with Crippen LogP contribution in [0.25, 0.3) is 10.2 Å². The van der Waals surface area contributed by atoms with Crippen molar-refractivity contribution in [3.8, 4) is 0 Å². The van der Waals surface area contributed by atoms with E-state index in [1.54, 1.807) is 34.1 Å². The molecule has 2 atom stereocenters. The van der Waals surface area contributed by atoms with Gasteiger partial charge in [0, 0.05) is 31.1 Å². The molecule has 8 heteroatoms. The molecule has 0 amide bonds. The molecule has 5 rings (SSSR count). The molecule has 1 aromatic carbocycles. The zero-order valence-corrected chi connectivity index (χ0v) is 21.3. The van der Waals surface area contributed by atoms with Crippen molar-refractivity contribution in [1.82, 2.24) is 14.3 Å². The van der Waals surface area contributed by atoms with E-state index in [1.165, 1.54) is 27.8 Å². The summed E-state index contributed by atoms with van der Waals surface area (Å²) in [5.41, 5.74) is 2.60. The summed E-state index contributed by atoms with van der Waals surface area (Å²) in [7, 11) is -3.49. The Morgan fingerprint density at radius 2 is 1.85 bits per heavy atom. The quantitative estimate of drug-likeness (QED) is 0.518. The van der Waals surface area contributed by atoms with Gasteiger partial charge in [0.2, 0.25) is 10.0 Å². The Bertz CT molecular complexity index is 1250. The van der Waals surface area contributed by atoms with Crippen molar-refractivity contribution in [3.63, 3.8) is 0 Å². The molecule has 2 aromatic heterocycles. The van der Waals surface area contributed by atoms with E-state index in [2.05, 4.69) is 35.6 Å². The largest absolute Gasteiger partial charge is 0.353 e. The van der Waals surface area contributed by atoms with Crippen LogP contribution in [0.5, 0.6) is 0 Å². The molecule has 1 fully saturated rings. The molecule has 0 radical (unpaired) electrons. The first-order valence-electron chi connectivity index (χ1n) is 12.0. The molecular weight excluding hydrogens is 452 g/mol. The van der Waals surface area contributed by atoms with Gasteiger partial charge in [0.1, 0.15) is 17.0 Å². The Morgan fingerprint density at radius 1 is 1.12 bits per heavy atom. The van der Waals surface area contributed by atoms with Crippen LogP contribution in [0, 0.1) is 5.92 Å². The monoisotopic (exact) mass is 484 g/mol. The normalized spacial score (nSPS) is 20.7. The molecule has 33 heavy (non-hydrogen) atoms. The predicted octanol–water partition coefficient (Wildman–Crippen LogP) is 4.84. The van der Waals surface area contributed by atoms with Crippen LogP contribution in [-0.2, 0) is 22.9 Å². The zero-order chi connectivity index (χ0) is 23.2. The number of aryl methyl sites for hydroxylation is 1. The minimum absolute atomic E-state index is 0.383. The van der Waals surface area contributed by atoms with E-state index in [4.69, 9.17) is 0 Å². The fourth-order valence-corrected chi connectivity index (χ4v) is 7.76. The van der Waals surface area contributed by atoms with Crippen LogP contribution >= 0.6 is 11.3 Å². The van der Waals surface area contributed by atoms with Crippen molar-refractivity contribution in [1.29, 1.82) is 0 Å². The molecule has 0 spiro atoms. The first-order valence-corrected chi connectivity index (χ1v) is 14.2. The lowest BCUT2D eigenvalue weighted by molar-refractivity contribution is 0.384. The summed E-state index contributed by atoms with van der Waals surface area (Å²) in [5, 5.41) is 1.20. The summed E-state index contributed by atoms with van der Waals surface area (Å²) in [5.74, 6) is 2.12. The maximum atomic E-state index is 13.3. The number of hydrogen-bond donors (Lipinski definition) is 0.